The molecule has 0 saturated heterocycles. The quantitative estimate of drug-likeness (QED) is 0.794. The second-order valence-corrected chi connectivity index (χ2v) is 4.86. The molecule has 0 saturated carbocycles. The molecule has 1 aromatic carbocycles. The molecular weight excluding hydrogens is 273 g/mol. The maximum absolute atomic E-state index is 14.0. The molecule has 1 N–H and O–H groups in total. The molecule has 1 aromatic heterocycles. The average molecular weight is 291 g/mol. The lowest BCUT2D eigenvalue weighted by atomic mass is 10.1. The summed E-state index contributed by atoms with van der Waals surface area (Å²) in [5.41, 5.74) is 0.239. The maximum atomic E-state index is 14.0. The van der Waals surface area contributed by atoms with Crippen molar-refractivity contribution in [2.24, 2.45) is 0 Å². The van der Waals surface area contributed by atoms with Crippen molar-refractivity contribution in [2.45, 2.75) is 39.2 Å². The first-order valence-corrected chi connectivity index (χ1v) is 7.06. The van der Waals surface area contributed by atoms with Crippen LogP contribution in [0.4, 0.5) is 4.39 Å². The molecule has 6 heteroatoms. The number of halogens is 1. The first-order chi connectivity index (χ1) is 10.1. The van der Waals surface area contributed by atoms with E-state index in [-0.39, 0.29) is 17.0 Å². The Morgan fingerprint density at radius 2 is 2.05 bits per heavy atom. The van der Waals surface area contributed by atoms with E-state index in [1.807, 2.05) is 0 Å². The van der Waals surface area contributed by atoms with Crippen molar-refractivity contribution in [1.82, 2.24) is 15.0 Å². The summed E-state index contributed by atoms with van der Waals surface area (Å²) in [5, 5.41) is 16.8. The normalized spacial score (nSPS) is 10.8. The van der Waals surface area contributed by atoms with Crippen molar-refractivity contribution in [1.29, 1.82) is 0 Å². The van der Waals surface area contributed by atoms with Crippen molar-refractivity contribution in [3.05, 3.63) is 35.8 Å². The zero-order chi connectivity index (χ0) is 15.2. The summed E-state index contributed by atoms with van der Waals surface area (Å²) in [5.74, 6) is -1.68. The third-order valence-electron chi connectivity index (χ3n) is 3.29. The van der Waals surface area contributed by atoms with Gasteiger partial charge in [0.25, 0.3) is 0 Å². The first-order valence-electron chi connectivity index (χ1n) is 7.06. The molecule has 0 fully saturated rings. The van der Waals surface area contributed by atoms with Crippen molar-refractivity contribution in [2.75, 3.05) is 0 Å². The van der Waals surface area contributed by atoms with Gasteiger partial charge in [0.05, 0.1) is 0 Å². The molecule has 112 valence electrons. The van der Waals surface area contributed by atoms with E-state index in [0.717, 1.165) is 25.7 Å². The Morgan fingerprint density at radius 3 is 2.71 bits per heavy atom. The van der Waals surface area contributed by atoms with Gasteiger partial charge in [-0.05, 0) is 18.6 Å². The fourth-order valence-corrected chi connectivity index (χ4v) is 2.22. The van der Waals surface area contributed by atoms with E-state index in [1.54, 1.807) is 18.2 Å². The van der Waals surface area contributed by atoms with E-state index < -0.39 is 11.8 Å². The van der Waals surface area contributed by atoms with Gasteiger partial charge < -0.3 is 5.11 Å². The summed E-state index contributed by atoms with van der Waals surface area (Å²) in [6, 6.07) is 6.07. The van der Waals surface area contributed by atoms with Crippen LogP contribution in [-0.4, -0.2) is 26.1 Å². The molecule has 0 radical (unpaired) electrons. The molecule has 0 bridgehead atoms. The number of carboxylic acids is 1. The number of hydrogen-bond donors (Lipinski definition) is 1. The standard InChI is InChI=1S/C15H18FN3O2/c1-2-3-4-7-10-19-14(13(15(20)21)17-18-19)11-8-5-6-9-12(11)16/h5-6,8-9H,2-4,7,10H2,1H3,(H,20,21). The Labute approximate surface area is 122 Å². The van der Waals surface area contributed by atoms with E-state index in [1.165, 1.54) is 10.7 Å². The SMILES string of the molecule is CCCCCCn1nnc(C(=O)O)c1-c1ccccc1F. The molecule has 0 atom stereocenters. The lowest BCUT2D eigenvalue weighted by Crippen LogP contribution is -2.06. The van der Waals surface area contributed by atoms with E-state index in [4.69, 9.17) is 0 Å². The van der Waals surface area contributed by atoms with E-state index in [2.05, 4.69) is 17.2 Å². The van der Waals surface area contributed by atoms with Crippen LogP contribution in [0.25, 0.3) is 11.3 Å². The number of nitrogens with zero attached hydrogens (tertiary/aromatic N) is 3. The van der Waals surface area contributed by atoms with E-state index in [9.17, 15) is 14.3 Å². The van der Waals surface area contributed by atoms with Crippen LogP contribution in [0.2, 0.25) is 0 Å². The Bertz CT molecular complexity index is 625. The Balaban J connectivity index is 2.34. The predicted octanol–water partition coefficient (Wildman–Crippen LogP) is 3.36. The molecule has 0 unspecified atom stereocenters. The van der Waals surface area contributed by atoms with Crippen LogP contribution in [0.5, 0.6) is 0 Å². The molecule has 0 aliphatic heterocycles. The largest absolute Gasteiger partial charge is 0.476 e. The molecule has 5 nitrogen and oxygen atoms in total. The summed E-state index contributed by atoms with van der Waals surface area (Å²) in [6.07, 6.45) is 4.10. The van der Waals surface area contributed by atoms with Gasteiger partial charge in [0.15, 0.2) is 5.69 Å². The number of rotatable bonds is 7. The van der Waals surface area contributed by atoms with Crippen molar-refractivity contribution >= 4 is 5.97 Å². The lowest BCUT2D eigenvalue weighted by Gasteiger charge is -2.08. The van der Waals surface area contributed by atoms with Gasteiger partial charge in [-0.15, -0.1) is 5.10 Å². The zero-order valence-corrected chi connectivity index (χ0v) is 11.9. The van der Waals surface area contributed by atoms with Gasteiger partial charge in [-0.1, -0.05) is 43.5 Å². The highest BCUT2D eigenvalue weighted by Crippen LogP contribution is 2.25. The molecule has 2 aromatic rings. The topological polar surface area (TPSA) is 68.0 Å². The van der Waals surface area contributed by atoms with Gasteiger partial charge >= 0.3 is 5.97 Å². The fourth-order valence-electron chi connectivity index (χ4n) is 2.22. The minimum Gasteiger partial charge on any atom is -0.476 e. The molecule has 0 spiro atoms. The number of benzene rings is 1. The lowest BCUT2D eigenvalue weighted by molar-refractivity contribution is 0.0691. The number of carboxylic acid groups (broad SMARTS) is 1. The highest BCUT2D eigenvalue weighted by atomic mass is 19.1. The second kappa shape index (κ2) is 6.97. The van der Waals surface area contributed by atoms with Gasteiger partial charge in [-0.2, -0.15) is 0 Å². The van der Waals surface area contributed by atoms with Gasteiger partial charge in [0.2, 0.25) is 0 Å². The highest BCUT2D eigenvalue weighted by molar-refractivity contribution is 5.92. The van der Waals surface area contributed by atoms with Gasteiger partial charge in [0, 0.05) is 12.1 Å². The number of aryl methyl sites for hydroxylation is 1. The number of hydrogen-bond acceptors (Lipinski definition) is 3. The van der Waals surface area contributed by atoms with Crippen molar-refractivity contribution < 1.29 is 14.3 Å². The zero-order valence-electron chi connectivity index (χ0n) is 11.9. The van der Waals surface area contributed by atoms with Gasteiger partial charge in [-0.3, -0.25) is 0 Å². The van der Waals surface area contributed by atoms with Crippen LogP contribution in [0.3, 0.4) is 0 Å². The third-order valence-corrected chi connectivity index (χ3v) is 3.29. The number of unbranched alkanes of at least 4 members (excludes halogenated alkanes) is 3. The van der Waals surface area contributed by atoms with Crippen LogP contribution < -0.4 is 0 Å². The Hall–Kier alpha value is -2.24. The molecule has 0 aliphatic carbocycles. The minimum absolute atomic E-state index is 0.212. The number of aromatic carboxylic acids is 1. The smallest absolute Gasteiger partial charge is 0.358 e. The summed E-state index contributed by atoms with van der Waals surface area (Å²) < 4.78 is 15.4. The summed E-state index contributed by atoms with van der Waals surface area (Å²) in [6.45, 7) is 2.65. The Kier molecular flexibility index (Phi) is 5.03. The molecule has 1 heterocycles. The monoisotopic (exact) mass is 291 g/mol. The van der Waals surface area contributed by atoms with Crippen molar-refractivity contribution in [3.63, 3.8) is 0 Å². The second-order valence-electron chi connectivity index (χ2n) is 4.86. The van der Waals surface area contributed by atoms with E-state index >= 15 is 0 Å². The number of aromatic nitrogens is 3. The van der Waals surface area contributed by atoms with Crippen molar-refractivity contribution in [3.8, 4) is 11.3 Å². The van der Waals surface area contributed by atoms with Gasteiger partial charge in [-0.25, -0.2) is 13.9 Å². The highest BCUT2D eigenvalue weighted by Gasteiger charge is 2.22. The summed E-state index contributed by atoms with van der Waals surface area (Å²) in [4.78, 5) is 11.3. The molecule has 0 amide bonds. The molecular formula is C15H18FN3O2. The number of carbonyl (C=O) groups is 1. The molecule has 21 heavy (non-hydrogen) atoms. The molecule has 0 aliphatic rings. The first kappa shape index (κ1) is 15.2. The summed E-state index contributed by atoms with van der Waals surface area (Å²) >= 11 is 0. The minimum atomic E-state index is -1.20. The van der Waals surface area contributed by atoms with Crippen LogP contribution in [0, 0.1) is 5.82 Å². The molecule has 2 rings (SSSR count). The van der Waals surface area contributed by atoms with Gasteiger partial charge in [0.1, 0.15) is 11.5 Å². The average Bonchev–Trinajstić information content (AvgIpc) is 2.88. The third kappa shape index (κ3) is 3.45. The predicted molar refractivity (Wildman–Crippen MR) is 76.5 cm³/mol. The van der Waals surface area contributed by atoms with E-state index in [0.29, 0.717) is 6.54 Å². The van der Waals surface area contributed by atoms with Crippen LogP contribution in [0.15, 0.2) is 24.3 Å². The van der Waals surface area contributed by atoms with Crippen LogP contribution in [-0.2, 0) is 6.54 Å². The van der Waals surface area contributed by atoms with Crippen LogP contribution in [0.1, 0.15) is 43.1 Å². The maximum Gasteiger partial charge on any atom is 0.358 e. The summed E-state index contributed by atoms with van der Waals surface area (Å²) in [7, 11) is 0. The van der Waals surface area contributed by atoms with Crippen LogP contribution >= 0.6 is 0 Å². The Morgan fingerprint density at radius 1 is 1.29 bits per heavy atom. The fraction of sp³-hybridized carbons (Fsp3) is 0.400.